The summed E-state index contributed by atoms with van der Waals surface area (Å²) in [6, 6.07) is 10.3. The maximum atomic E-state index is 4.45. The van der Waals surface area contributed by atoms with Crippen molar-refractivity contribution in [2.24, 2.45) is 0 Å². The largest absolute Gasteiger partial charge is 0.369 e. The lowest BCUT2D eigenvalue weighted by Crippen LogP contribution is -2.21. The predicted molar refractivity (Wildman–Crippen MR) is 87.6 cm³/mol. The molecule has 2 rings (SSSR count). The Morgan fingerprint density at radius 2 is 1.81 bits per heavy atom. The molecule has 0 bridgehead atoms. The molecule has 0 radical (unpaired) electrons. The molecule has 0 fully saturated rings. The molecular weight excluding hydrogens is 262 g/mol. The van der Waals surface area contributed by atoms with Crippen molar-refractivity contribution in [3.8, 4) is 0 Å². The number of benzene rings is 1. The third-order valence-corrected chi connectivity index (χ3v) is 3.09. The van der Waals surface area contributed by atoms with Crippen LogP contribution in [0.3, 0.4) is 0 Å². The third kappa shape index (κ3) is 5.39. The lowest BCUT2D eigenvalue weighted by atomic mass is 10.1. The predicted octanol–water partition coefficient (Wildman–Crippen LogP) is 2.37. The van der Waals surface area contributed by atoms with E-state index in [4.69, 9.17) is 0 Å². The van der Waals surface area contributed by atoms with Gasteiger partial charge in [-0.1, -0.05) is 29.8 Å². The number of rotatable bonds is 7. The van der Waals surface area contributed by atoms with Crippen molar-refractivity contribution >= 4 is 11.8 Å². The van der Waals surface area contributed by atoms with E-state index in [1.54, 1.807) is 6.20 Å². The van der Waals surface area contributed by atoms with Crippen LogP contribution in [0, 0.1) is 6.92 Å². The third-order valence-electron chi connectivity index (χ3n) is 3.09. The number of aromatic nitrogens is 2. The molecular formula is C16H23N5. The monoisotopic (exact) mass is 285 g/mol. The highest BCUT2D eigenvalue weighted by atomic mass is 15.1. The fraction of sp³-hybridized carbons (Fsp3) is 0.375. The summed E-state index contributed by atoms with van der Waals surface area (Å²) in [5, 5.41) is 6.54. The van der Waals surface area contributed by atoms with Crippen molar-refractivity contribution in [1.82, 2.24) is 14.9 Å². The number of aryl methyl sites for hydroxylation is 1. The second-order valence-corrected chi connectivity index (χ2v) is 5.33. The normalized spacial score (nSPS) is 10.7. The number of nitrogens with zero attached hydrogens (tertiary/aromatic N) is 3. The molecule has 2 aromatic rings. The molecule has 1 aromatic heterocycles. The zero-order valence-electron chi connectivity index (χ0n) is 12.9. The fourth-order valence-corrected chi connectivity index (χ4v) is 1.84. The molecule has 21 heavy (non-hydrogen) atoms. The van der Waals surface area contributed by atoms with Crippen LogP contribution in [0.25, 0.3) is 0 Å². The van der Waals surface area contributed by atoms with Crippen molar-refractivity contribution in [3.63, 3.8) is 0 Å². The average molecular weight is 285 g/mol. The molecule has 0 unspecified atom stereocenters. The summed E-state index contributed by atoms with van der Waals surface area (Å²) in [4.78, 5) is 10.8. The first kappa shape index (κ1) is 15.3. The van der Waals surface area contributed by atoms with E-state index in [0.29, 0.717) is 5.95 Å². The Balaban J connectivity index is 1.87. The van der Waals surface area contributed by atoms with Crippen LogP contribution in [0.4, 0.5) is 11.8 Å². The average Bonchev–Trinajstić information content (AvgIpc) is 2.47. The highest BCUT2D eigenvalue weighted by Crippen LogP contribution is 2.08. The number of anilines is 2. The van der Waals surface area contributed by atoms with Gasteiger partial charge in [0.1, 0.15) is 5.82 Å². The number of hydrogen-bond donors (Lipinski definition) is 2. The molecule has 0 saturated carbocycles. The maximum Gasteiger partial charge on any atom is 0.224 e. The summed E-state index contributed by atoms with van der Waals surface area (Å²) >= 11 is 0. The van der Waals surface area contributed by atoms with Gasteiger partial charge in [0.2, 0.25) is 5.95 Å². The van der Waals surface area contributed by atoms with E-state index < -0.39 is 0 Å². The van der Waals surface area contributed by atoms with E-state index in [1.165, 1.54) is 11.1 Å². The summed E-state index contributed by atoms with van der Waals surface area (Å²) < 4.78 is 0. The van der Waals surface area contributed by atoms with Gasteiger partial charge in [-0.15, -0.1) is 0 Å². The van der Waals surface area contributed by atoms with E-state index in [0.717, 1.165) is 25.5 Å². The summed E-state index contributed by atoms with van der Waals surface area (Å²) in [7, 11) is 4.10. The van der Waals surface area contributed by atoms with Crippen LogP contribution < -0.4 is 10.6 Å². The van der Waals surface area contributed by atoms with E-state index in [2.05, 4.69) is 70.8 Å². The van der Waals surface area contributed by atoms with E-state index >= 15 is 0 Å². The smallest absolute Gasteiger partial charge is 0.224 e. The molecule has 112 valence electrons. The first-order chi connectivity index (χ1) is 10.1. The molecule has 0 aliphatic heterocycles. The van der Waals surface area contributed by atoms with Gasteiger partial charge in [-0.05, 0) is 32.6 Å². The van der Waals surface area contributed by atoms with Gasteiger partial charge in [0.05, 0.1) is 0 Å². The SMILES string of the molecule is Cc1ccc(CNc2nccc(NCCN(C)C)n2)cc1. The Bertz CT molecular complexity index is 551. The van der Waals surface area contributed by atoms with Crippen LogP contribution in [0.15, 0.2) is 36.5 Å². The fourth-order valence-electron chi connectivity index (χ4n) is 1.84. The van der Waals surface area contributed by atoms with Crippen molar-refractivity contribution in [2.75, 3.05) is 37.8 Å². The van der Waals surface area contributed by atoms with Gasteiger partial charge >= 0.3 is 0 Å². The standard InChI is InChI=1S/C16H23N5/c1-13-4-6-14(7-5-13)12-19-16-18-9-8-15(20-16)17-10-11-21(2)3/h4-9H,10-12H2,1-3H3,(H2,17,18,19,20). The van der Waals surface area contributed by atoms with Gasteiger partial charge in [-0.3, -0.25) is 0 Å². The number of nitrogens with one attached hydrogen (secondary N) is 2. The van der Waals surface area contributed by atoms with Crippen LogP contribution in [-0.4, -0.2) is 42.1 Å². The topological polar surface area (TPSA) is 53.1 Å². The van der Waals surface area contributed by atoms with Crippen molar-refractivity contribution in [2.45, 2.75) is 13.5 Å². The first-order valence-electron chi connectivity index (χ1n) is 7.14. The molecule has 5 nitrogen and oxygen atoms in total. The summed E-state index contributed by atoms with van der Waals surface area (Å²) in [6.07, 6.45) is 1.77. The van der Waals surface area contributed by atoms with Gasteiger partial charge in [-0.2, -0.15) is 4.98 Å². The minimum absolute atomic E-state index is 0.644. The van der Waals surface area contributed by atoms with Crippen LogP contribution >= 0.6 is 0 Å². The zero-order valence-corrected chi connectivity index (χ0v) is 12.9. The Hall–Kier alpha value is -2.14. The Labute approximate surface area is 126 Å². The lowest BCUT2D eigenvalue weighted by Gasteiger charge is -2.11. The Morgan fingerprint density at radius 1 is 1.05 bits per heavy atom. The Morgan fingerprint density at radius 3 is 2.52 bits per heavy atom. The maximum absolute atomic E-state index is 4.45. The quantitative estimate of drug-likeness (QED) is 0.818. The summed E-state index contributed by atoms with van der Waals surface area (Å²) in [6.45, 7) is 4.64. The molecule has 1 aromatic carbocycles. The summed E-state index contributed by atoms with van der Waals surface area (Å²) in [5.41, 5.74) is 2.48. The van der Waals surface area contributed by atoms with Gasteiger partial charge in [0.15, 0.2) is 0 Å². The highest BCUT2D eigenvalue weighted by Gasteiger charge is 1.99. The molecule has 0 spiro atoms. The molecule has 0 aliphatic carbocycles. The van der Waals surface area contributed by atoms with Gasteiger partial charge in [0.25, 0.3) is 0 Å². The minimum Gasteiger partial charge on any atom is -0.369 e. The molecule has 0 aliphatic rings. The second-order valence-electron chi connectivity index (χ2n) is 5.33. The van der Waals surface area contributed by atoms with Crippen LogP contribution in [0.2, 0.25) is 0 Å². The number of hydrogen-bond acceptors (Lipinski definition) is 5. The van der Waals surface area contributed by atoms with Gasteiger partial charge < -0.3 is 15.5 Å². The van der Waals surface area contributed by atoms with E-state index in [9.17, 15) is 0 Å². The van der Waals surface area contributed by atoms with Crippen molar-refractivity contribution in [1.29, 1.82) is 0 Å². The molecule has 2 N–H and O–H groups in total. The summed E-state index contributed by atoms with van der Waals surface area (Å²) in [5.74, 6) is 1.49. The molecule has 5 heteroatoms. The van der Waals surface area contributed by atoms with E-state index in [1.807, 2.05) is 6.07 Å². The number of likely N-dealkylation sites (N-methyl/N-ethyl adjacent to an activating group) is 1. The second kappa shape index (κ2) is 7.59. The highest BCUT2D eigenvalue weighted by molar-refractivity contribution is 5.40. The van der Waals surface area contributed by atoms with E-state index in [-0.39, 0.29) is 0 Å². The lowest BCUT2D eigenvalue weighted by molar-refractivity contribution is 0.425. The van der Waals surface area contributed by atoms with Crippen LogP contribution in [0.5, 0.6) is 0 Å². The van der Waals surface area contributed by atoms with Crippen LogP contribution in [-0.2, 0) is 6.54 Å². The molecule has 1 heterocycles. The van der Waals surface area contributed by atoms with Gasteiger partial charge in [-0.25, -0.2) is 4.98 Å². The minimum atomic E-state index is 0.644. The molecule has 0 saturated heterocycles. The zero-order chi connectivity index (χ0) is 15.1. The van der Waals surface area contributed by atoms with Crippen molar-refractivity contribution < 1.29 is 0 Å². The Kier molecular flexibility index (Phi) is 5.51. The van der Waals surface area contributed by atoms with Crippen molar-refractivity contribution in [3.05, 3.63) is 47.7 Å². The molecule has 0 atom stereocenters. The van der Waals surface area contributed by atoms with Crippen LogP contribution in [0.1, 0.15) is 11.1 Å². The van der Waals surface area contributed by atoms with Gasteiger partial charge in [0, 0.05) is 25.8 Å². The molecule has 0 amide bonds. The first-order valence-corrected chi connectivity index (χ1v) is 7.14.